The van der Waals surface area contributed by atoms with Crippen LogP contribution < -0.4 is 0 Å². The van der Waals surface area contributed by atoms with Crippen LogP contribution in [0.5, 0.6) is 0 Å². The summed E-state index contributed by atoms with van der Waals surface area (Å²) in [5.74, 6) is 0. The summed E-state index contributed by atoms with van der Waals surface area (Å²) in [5.41, 5.74) is -3.74. The molecule has 1 heterocycles. The zero-order valence-electron chi connectivity index (χ0n) is 44.4. The zero-order valence-corrected chi connectivity index (χ0v) is 20.4. The molecule has 9 aromatic rings. The first-order valence-electron chi connectivity index (χ1n) is 24.2. The predicted molar refractivity (Wildman–Crippen MR) is 175 cm³/mol. The molecule has 0 unspecified atom stereocenters. The molecule has 0 fully saturated rings. The largest absolute Gasteiger partial charge is 0.456 e. The third-order valence-electron chi connectivity index (χ3n) is 6.76. The first kappa shape index (κ1) is 9.33. The predicted octanol–water partition coefficient (Wildman–Crippen LogP) is 11.5. The molecule has 0 atom stereocenters. The Labute approximate surface area is 270 Å². The quantitative estimate of drug-likeness (QED) is 0.156. The average molecular weight is 545 g/mol. The van der Waals surface area contributed by atoms with Gasteiger partial charge in [-0.25, -0.2) is 0 Å². The molecule has 1 nitrogen and oxygen atoms in total. The van der Waals surface area contributed by atoms with E-state index in [2.05, 4.69) is 0 Å². The second kappa shape index (κ2) is 8.55. The molecule has 0 amide bonds. The molecule has 0 aliphatic carbocycles. The van der Waals surface area contributed by atoms with Gasteiger partial charge < -0.3 is 4.42 Å². The Morgan fingerprint density at radius 1 is 0.390 bits per heavy atom. The molecule has 41 heavy (non-hydrogen) atoms. The minimum atomic E-state index is -0.904. The second-order valence-corrected chi connectivity index (χ2v) is 9.01. The Morgan fingerprint density at radius 2 is 1.15 bits per heavy atom. The van der Waals surface area contributed by atoms with Gasteiger partial charge in [-0.1, -0.05) is 115 Å². The minimum Gasteiger partial charge on any atom is -0.456 e. The molecule has 9 rings (SSSR count). The van der Waals surface area contributed by atoms with E-state index in [-0.39, 0.29) is 0 Å². The molecule has 0 N–H and O–H groups in total. The Balaban J connectivity index is 1.63. The van der Waals surface area contributed by atoms with Crippen molar-refractivity contribution in [3.8, 4) is 22.3 Å². The number of benzene rings is 8. The Hall–Kier alpha value is -5.40. The van der Waals surface area contributed by atoms with Crippen LogP contribution in [0.3, 0.4) is 0 Å². The first-order chi connectivity index (χ1) is 30.3. The Kier molecular flexibility index (Phi) is 1.94. The fraction of sp³-hybridized carbons (Fsp3) is 0. The highest BCUT2D eigenvalue weighted by molar-refractivity contribution is 6.25. The summed E-state index contributed by atoms with van der Waals surface area (Å²) in [7, 11) is 0. The fourth-order valence-electron chi connectivity index (χ4n) is 5.01. The molecule has 0 bridgehead atoms. The van der Waals surface area contributed by atoms with Gasteiger partial charge in [0.1, 0.15) is 11.2 Å². The molecule has 1 aromatic heterocycles. The highest BCUT2D eigenvalue weighted by atomic mass is 16.3. The van der Waals surface area contributed by atoms with Crippen LogP contribution in [0, 0.1) is 0 Å². The zero-order chi connectivity index (χ0) is 47.8. The lowest BCUT2D eigenvalue weighted by Crippen LogP contribution is -1.88. The van der Waals surface area contributed by atoms with Crippen LogP contribution in [0.2, 0.25) is 0 Å². The van der Waals surface area contributed by atoms with Gasteiger partial charge in [0.2, 0.25) is 0 Å². The topological polar surface area (TPSA) is 13.1 Å². The number of furan rings is 1. The summed E-state index contributed by atoms with van der Waals surface area (Å²) in [6, 6.07) is -19.8. The van der Waals surface area contributed by atoms with Gasteiger partial charge in [-0.05, 0) is 95.6 Å². The van der Waals surface area contributed by atoms with E-state index in [1.54, 1.807) is 0 Å². The van der Waals surface area contributed by atoms with Crippen molar-refractivity contribution in [2.45, 2.75) is 0 Å². The van der Waals surface area contributed by atoms with Crippen molar-refractivity contribution >= 4 is 65.0 Å². The molecule has 0 radical (unpaired) electrons. The van der Waals surface area contributed by atoms with Crippen molar-refractivity contribution in [2.75, 3.05) is 0 Å². The molecular weight excluding hydrogens is 496 g/mol. The summed E-state index contributed by atoms with van der Waals surface area (Å²) in [4.78, 5) is 0. The van der Waals surface area contributed by atoms with E-state index >= 15 is 0 Å². The van der Waals surface area contributed by atoms with Crippen LogP contribution in [-0.4, -0.2) is 0 Å². The van der Waals surface area contributed by atoms with E-state index in [4.69, 9.17) is 27.7 Å². The summed E-state index contributed by atoms with van der Waals surface area (Å²) in [6.45, 7) is 0. The highest BCUT2D eigenvalue weighted by Crippen LogP contribution is 2.45. The third-order valence-corrected chi connectivity index (χ3v) is 6.76. The molecule has 190 valence electrons. The lowest BCUT2D eigenvalue weighted by molar-refractivity contribution is 0.669. The maximum absolute atomic E-state index is 9.67. The van der Waals surface area contributed by atoms with E-state index in [1.807, 2.05) is 0 Å². The van der Waals surface area contributed by atoms with Crippen LogP contribution in [0.1, 0.15) is 32.9 Å². The summed E-state index contributed by atoms with van der Waals surface area (Å²) in [5, 5.41) is -5.39. The van der Waals surface area contributed by atoms with Crippen molar-refractivity contribution in [3.63, 3.8) is 0 Å². The van der Waals surface area contributed by atoms with E-state index in [0.29, 0.717) is 0 Å². The molecule has 0 saturated carbocycles. The smallest absolute Gasteiger partial charge is 0.136 e. The molecule has 0 aliphatic rings. The average Bonchev–Trinajstić information content (AvgIpc) is 3.68. The van der Waals surface area contributed by atoms with Gasteiger partial charge in [0.05, 0.1) is 32.9 Å². The van der Waals surface area contributed by atoms with Gasteiger partial charge in [-0.3, -0.25) is 0 Å². The minimum absolute atomic E-state index is 0.495. The lowest BCUT2D eigenvalue weighted by Gasteiger charge is -2.15. The maximum Gasteiger partial charge on any atom is 0.136 e. The third kappa shape index (κ3) is 3.36. The van der Waals surface area contributed by atoms with Crippen molar-refractivity contribution in [3.05, 3.63) is 145 Å². The van der Waals surface area contributed by atoms with Gasteiger partial charge >= 0.3 is 0 Å². The van der Waals surface area contributed by atoms with Gasteiger partial charge in [-0.2, -0.15) is 0 Å². The summed E-state index contributed by atoms with van der Waals surface area (Å²) >= 11 is 0. The number of hydrogen-bond acceptors (Lipinski definition) is 1. The normalized spacial score (nSPS) is 20.1. The Morgan fingerprint density at radius 3 is 2.05 bits per heavy atom. The van der Waals surface area contributed by atoms with Gasteiger partial charge in [0.15, 0.2) is 0 Å². The number of hydrogen-bond donors (Lipinski definition) is 0. The molecule has 1 heteroatoms. The number of rotatable bonds is 2. The van der Waals surface area contributed by atoms with Crippen molar-refractivity contribution < 1.29 is 37.3 Å². The van der Waals surface area contributed by atoms with E-state index in [0.717, 1.165) is 0 Å². The Bertz CT molecular complexity index is 3790. The lowest BCUT2D eigenvalue weighted by atomic mass is 9.88. The van der Waals surface area contributed by atoms with Crippen molar-refractivity contribution in [1.82, 2.24) is 0 Å². The standard InChI is InChI=1S/C40H24O/c1-2-9-25(10-3-1)27-17-18-28-24-38-36(23-30(28)21-27)40-34(15-8-16-37(40)41-38)39-32-14-7-5-12-29(32)22-35-31-13-6-4-11-26(31)19-20-33(35)39/h1-24H/i1D,2D,3D,4D,5D,6D,7D,8D,9D,10D,11D,12D,13D,14D,15D,16D,17D,18D,19D,20D,21D,22D,23D,24D. The fourth-order valence-corrected chi connectivity index (χ4v) is 5.01. The molecule has 0 spiro atoms. The van der Waals surface area contributed by atoms with E-state index < -0.39 is 232 Å². The van der Waals surface area contributed by atoms with E-state index in [1.165, 1.54) is 0 Å². The number of fused-ring (bicyclic) bond motifs is 8. The molecule has 8 aromatic carbocycles. The van der Waals surface area contributed by atoms with Gasteiger partial charge in [0.25, 0.3) is 0 Å². The van der Waals surface area contributed by atoms with Crippen LogP contribution in [0.15, 0.2) is 149 Å². The molecular formula is C40H24O. The van der Waals surface area contributed by atoms with Crippen LogP contribution in [-0.2, 0) is 0 Å². The van der Waals surface area contributed by atoms with Crippen molar-refractivity contribution in [1.29, 1.82) is 0 Å². The van der Waals surface area contributed by atoms with Crippen LogP contribution in [0.4, 0.5) is 0 Å². The van der Waals surface area contributed by atoms with Gasteiger partial charge in [-0.15, -0.1) is 0 Å². The van der Waals surface area contributed by atoms with E-state index in [9.17, 15) is 9.60 Å². The SMILES string of the molecule is [2H]c1c([2H])c([2H])c(-c2c([2H])c([2H])c3c([2H])c4oc5c([2H])c([2H])c([2H])c(-c6c7c([2H])c([2H])c([2H])c([2H])c7c([2H])c7c6c([2H])c([2H])c6c([2H])c([2H])c([2H])c([2H])c67)c5c4c([2H])c3c2[2H])c([2H])c1[2H]. The monoisotopic (exact) mass is 544 g/mol. The highest BCUT2D eigenvalue weighted by Gasteiger charge is 2.18. The molecule has 0 saturated heterocycles. The second-order valence-electron chi connectivity index (χ2n) is 9.01. The summed E-state index contributed by atoms with van der Waals surface area (Å²) < 4.78 is 219. The first-order valence-corrected chi connectivity index (χ1v) is 12.2. The van der Waals surface area contributed by atoms with Crippen LogP contribution in [0.25, 0.3) is 87.3 Å². The summed E-state index contributed by atoms with van der Waals surface area (Å²) in [6.07, 6.45) is 0. The van der Waals surface area contributed by atoms with Crippen LogP contribution >= 0.6 is 0 Å². The van der Waals surface area contributed by atoms with Crippen molar-refractivity contribution in [2.24, 2.45) is 0 Å². The van der Waals surface area contributed by atoms with Gasteiger partial charge in [0, 0.05) is 10.8 Å². The molecule has 0 aliphatic heterocycles. The maximum atomic E-state index is 9.67.